The van der Waals surface area contributed by atoms with Crippen LogP contribution >= 0.6 is 27.5 Å². The Kier molecular flexibility index (Phi) is 5.43. The summed E-state index contributed by atoms with van der Waals surface area (Å²) in [6.07, 6.45) is 6.41. The van der Waals surface area contributed by atoms with Crippen LogP contribution in [-0.4, -0.2) is 17.1 Å². The van der Waals surface area contributed by atoms with Gasteiger partial charge in [-0.2, -0.15) is 0 Å². The summed E-state index contributed by atoms with van der Waals surface area (Å²) < 4.78 is 6.64. The maximum absolute atomic E-state index is 6.29. The monoisotopic (exact) mass is 360 g/mol. The second kappa shape index (κ2) is 6.71. The minimum Gasteiger partial charge on any atom is -0.370 e. The Balaban J connectivity index is 2.42. The first kappa shape index (κ1) is 16.2. The van der Waals surface area contributed by atoms with E-state index in [1.54, 1.807) is 7.11 Å². The zero-order valence-electron chi connectivity index (χ0n) is 12.4. The van der Waals surface area contributed by atoms with Gasteiger partial charge in [-0.05, 0) is 41.1 Å². The normalized spacial score (nSPS) is 18.5. The Morgan fingerprint density at radius 1 is 1.25 bits per heavy atom. The van der Waals surface area contributed by atoms with Crippen molar-refractivity contribution < 1.29 is 4.74 Å². The van der Waals surface area contributed by atoms with Crippen molar-refractivity contribution in [3.63, 3.8) is 0 Å². The third kappa shape index (κ3) is 3.34. The molecule has 0 saturated heterocycles. The van der Waals surface area contributed by atoms with E-state index in [0.717, 1.165) is 48.1 Å². The molecule has 3 nitrogen and oxygen atoms in total. The van der Waals surface area contributed by atoms with Gasteiger partial charge in [-0.1, -0.05) is 44.7 Å². The number of rotatable bonds is 4. The number of aromatic nitrogens is 2. The molecule has 1 heterocycles. The number of halogens is 2. The summed E-state index contributed by atoms with van der Waals surface area (Å²) in [5.74, 6) is 1.28. The summed E-state index contributed by atoms with van der Waals surface area (Å²) in [6, 6.07) is 0. The molecule has 1 aromatic rings. The van der Waals surface area contributed by atoms with Crippen molar-refractivity contribution >= 4 is 27.5 Å². The van der Waals surface area contributed by atoms with Crippen molar-refractivity contribution in [2.45, 2.75) is 58.0 Å². The third-order valence-corrected chi connectivity index (χ3v) is 5.28. The van der Waals surface area contributed by atoms with Crippen molar-refractivity contribution in [3.05, 3.63) is 21.1 Å². The summed E-state index contributed by atoms with van der Waals surface area (Å²) in [7, 11) is 1.76. The van der Waals surface area contributed by atoms with Crippen LogP contribution in [0.25, 0.3) is 0 Å². The smallest absolute Gasteiger partial charge is 0.162 e. The number of methoxy groups -OCH3 is 1. The maximum Gasteiger partial charge on any atom is 0.162 e. The van der Waals surface area contributed by atoms with Crippen LogP contribution < -0.4 is 0 Å². The zero-order chi connectivity index (χ0) is 14.8. The summed E-state index contributed by atoms with van der Waals surface area (Å²) in [4.78, 5) is 9.26. The molecule has 0 radical (unpaired) electrons. The Labute approximate surface area is 134 Å². The van der Waals surface area contributed by atoms with Crippen LogP contribution in [0.3, 0.4) is 0 Å². The highest BCUT2D eigenvalue weighted by atomic mass is 79.9. The van der Waals surface area contributed by atoms with Gasteiger partial charge in [-0.25, -0.2) is 9.97 Å². The predicted molar refractivity (Wildman–Crippen MR) is 85.1 cm³/mol. The van der Waals surface area contributed by atoms with Gasteiger partial charge in [-0.3, -0.25) is 0 Å². The molecule has 0 aliphatic heterocycles. The molecule has 1 aromatic heterocycles. The number of nitrogens with zero attached hydrogens (tertiary/aromatic N) is 2. The van der Waals surface area contributed by atoms with E-state index in [1.165, 1.54) is 6.42 Å². The lowest BCUT2D eigenvalue weighted by Crippen LogP contribution is -2.33. The van der Waals surface area contributed by atoms with Gasteiger partial charge in [-0.15, -0.1) is 0 Å². The standard InChI is InChI=1S/C15H22BrClN2O/c1-10(2)9-11-12(16)13(17)19-14(18-11)15(20-3)7-5-4-6-8-15/h10H,4-9H2,1-3H3. The van der Waals surface area contributed by atoms with Crippen molar-refractivity contribution in [2.75, 3.05) is 7.11 Å². The largest absolute Gasteiger partial charge is 0.370 e. The Morgan fingerprint density at radius 2 is 1.90 bits per heavy atom. The molecule has 1 saturated carbocycles. The second-order valence-electron chi connectivity index (χ2n) is 5.96. The minimum absolute atomic E-state index is 0.353. The van der Waals surface area contributed by atoms with E-state index in [-0.39, 0.29) is 5.60 Å². The van der Waals surface area contributed by atoms with Crippen LogP contribution in [0.15, 0.2) is 4.47 Å². The lowest BCUT2D eigenvalue weighted by Gasteiger charge is -2.34. The van der Waals surface area contributed by atoms with Crippen LogP contribution in [0, 0.1) is 5.92 Å². The van der Waals surface area contributed by atoms with E-state index >= 15 is 0 Å². The van der Waals surface area contributed by atoms with Gasteiger partial charge in [0.2, 0.25) is 0 Å². The topological polar surface area (TPSA) is 35.0 Å². The molecular weight excluding hydrogens is 340 g/mol. The van der Waals surface area contributed by atoms with Crippen LogP contribution in [0.5, 0.6) is 0 Å². The van der Waals surface area contributed by atoms with E-state index in [9.17, 15) is 0 Å². The Hall–Kier alpha value is -0.190. The number of hydrogen-bond donors (Lipinski definition) is 0. The molecule has 112 valence electrons. The summed E-state index contributed by atoms with van der Waals surface area (Å²) in [5, 5.41) is 0.493. The fourth-order valence-corrected chi connectivity index (χ4v) is 3.36. The zero-order valence-corrected chi connectivity index (χ0v) is 14.7. The van der Waals surface area contributed by atoms with Crippen LogP contribution in [0.2, 0.25) is 5.15 Å². The van der Waals surface area contributed by atoms with E-state index in [0.29, 0.717) is 11.1 Å². The van der Waals surface area contributed by atoms with Crippen LogP contribution in [0.1, 0.15) is 57.5 Å². The molecule has 2 rings (SSSR count). The molecule has 5 heteroatoms. The molecule has 0 spiro atoms. The van der Waals surface area contributed by atoms with Crippen molar-refractivity contribution in [2.24, 2.45) is 5.92 Å². The van der Waals surface area contributed by atoms with Crippen molar-refractivity contribution in [1.82, 2.24) is 9.97 Å². The van der Waals surface area contributed by atoms with Crippen LogP contribution in [-0.2, 0) is 16.8 Å². The van der Waals surface area contributed by atoms with E-state index in [2.05, 4.69) is 34.8 Å². The van der Waals surface area contributed by atoms with E-state index < -0.39 is 0 Å². The Morgan fingerprint density at radius 3 is 2.45 bits per heavy atom. The quantitative estimate of drug-likeness (QED) is 0.716. The van der Waals surface area contributed by atoms with Crippen molar-refractivity contribution in [1.29, 1.82) is 0 Å². The lowest BCUT2D eigenvalue weighted by atomic mass is 9.84. The fourth-order valence-electron chi connectivity index (χ4n) is 2.83. The summed E-state index contributed by atoms with van der Waals surface area (Å²) >= 11 is 9.80. The van der Waals surface area contributed by atoms with Crippen LogP contribution in [0.4, 0.5) is 0 Å². The van der Waals surface area contributed by atoms with Gasteiger partial charge >= 0.3 is 0 Å². The van der Waals surface area contributed by atoms with E-state index in [1.807, 2.05) is 0 Å². The Bertz CT molecular complexity index is 473. The average molecular weight is 362 g/mol. The predicted octanol–water partition coefficient (Wildman–Crippen LogP) is 4.90. The molecule has 1 aliphatic carbocycles. The number of hydrogen-bond acceptors (Lipinski definition) is 3. The highest BCUT2D eigenvalue weighted by molar-refractivity contribution is 9.10. The molecule has 1 fully saturated rings. The minimum atomic E-state index is -0.353. The van der Waals surface area contributed by atoms with Gasteiger partial charge in [0, 0.05) is 7.11 Å². The molecular formula is C15H22BrClN2O. The molecule has 0 unspecified atom stereocenters. The summed E-state index contributed by atoms with van der Waals surface area (Å²) in [5.41, 5.74) is 0.630. The van der Waals surface area contributed by atoms with Crippen molar-refractivity contribution in [3.8, 4) is 0 Å². The van der Waals surface area contributed by atoms with E-state index in [4.69, 9.17) is 21.3 Å². The average Bonchev–Trinajstić information content (AvgIpc) is 2.44. The van der Waals surface area contributed by atoms with Gasteiger partial charge in [0.05, 0.1) is 10.2 Å². The highest BCUT2D eigenvalue weighted by Crippen LogP contribution is 2.40. The third-order valence-electron chi connectivity index (χ3n) is 3.94. The van der Waals surface area contributed by atoms with Gasteiger partial charge in [0.15, 0.2) is 5.82 Å². The number of ether oxygens (including phenoxy) is 1. The second-order valence-corrected chi connectivity index (χ2v) is 7.11. The SMILES string of the molecule is COC1(c2nc(Cl)c(Br)c(CC(C)C)n2)CCCCC1. The highest BCUT2D eigenvalue weighted by Gasteiger charge is 2.37. The summed E-state index contributed by atoms with van der Waals surface area (Å²) in [6.45, 7) is 4.35. The first-order valence-electron chi connectivity index (χ1n) is 7.26. The molecule has 0 aromatic carbocycles. The molecule has 0 N–H and O–H groups in total. The molecule has 0 bridgehead atoms. The molecule has 0 amide bonds. The lowest BCUT2D eigenvalue weighted by molar-refractivity contribution is -0.0516. The molecule has 1 aliphatic rings. The van der Waals surface area contributed by atoms with Gasteiger partial charge in [0.25, 0.3) is 0 Å². The van der Waals surface area contributed by atoms with Gasteiger partial charge in [0.1, 0.15) is 10.8 Å². The molecule has 0 atom stereocenters. The van der Waals surface area contributed by atoms with Gasteiger partial charge < -0.3 is 4.74 Å². The first-order valence-corrected chi connectivity index (χ1v) is 8.43. The first-order chi connectivity index (χ1) is 9.48. The fraction of sp³-hybridized carbons (Fsp3) is 0.733. The molecule has 20 heavy (non-hydrogen) atoms. The maximum atomic E-state index is 6.29.